The van der Waals surface area contributed by atoms with E-state index in [0.29, 0.717) is 24.4 Å². The maximum Gasteiger partial charge on any atom is 0.410 e. The number of hydrogen-bond acceptors (Lipinski definition) is 5. The Hall–Kier alpha value is -1.34. The first-order valence-corrected chi connectivity index (χ1v) is 12.4. The van der Waals surface area contributed by atoms with E-state index < -0.39 is 5.60 Å². The van der Waals surface area contributed by atoms with Gasteiger partial charge >= 0.3 is 6.09 Å². The highest BCUT2D eigenvalue weighted by molar-refractivity contribution is 5.78. The van der Waals surface area contributed by atoms with E-state index in [1.807, 2.05) is 25.7 Å². The lowest BCUT2D eigenvalue weighted by Gasteiger charge is -2.43. The van der Waals surface area contributed by atoms with Crippen molar-refractivity contribution < 1.29 is 14.3 Å². The molecule has 0 aliphatic carbocycles. The molecule has 3 rings (SSSR count). The van der Waals surface area contributed by atoms with Gasteiger partial charge in [-0.15, -0.1) is 0 Å². The van der Waals surface area contributed by atoms with Gasteiger partial charge in [-0.05, 0) is 59.3 Å². The number of carbonyl (C=O) groups excluding carboxylic acids is 2. The maximum atomic E-state index is 12.7. The first-order chi connectivity index (χ1) is 14.7. The van der Waals surface area contributed by atoms with Crippen LogP contribution in [0, 0.1) is 5.92 Å². The molecule has 0 spiro atoms. The number of carbonyl (C=O) groups is 2. The van der Waals surface area contributed by atoms with Crippen molar-refractivity contribution in [3.63, 3.8) is 0 Å². The highest BCUT2D eigenvalue weighted by atomic mass is 16.6. The fourth-order valence-electron chi connectivity index (χ4n) is 5.13. The van der Waals surface area contributed by atoms with Crippen LogP contribution in [0.25, 0.3) is 0 Å². The van der Waals surface area contributed by atoms with Gasteiger partial charge in [0.05, 0.1) is 6.54 Å². The predicted octanol–water partition coefficient (Wildman–Crippen LogP) is 3.04. The first-order valence-electron chi connectivity index (χ1n) is 12.4. The molecule has 7 nitrogen and oxygen atoms in total. The van der Waals surface area contributed by atoms with Crippen molar-refractivity contribution in [1.29, 1.82) is 0 Å². The van der Waals surface area contributed by atoms with Crippen LogP contribution in [0.3, 0.4) is 0 Å². The third-order valence-electron chi connectivity index (χ3n) is 7.09. The SMILES string of the molecule is C[C@@H]([C@H]1CCCN(C(=O)OC(C)(C)C)C1)N1CCN(CC(=O)N2CCCCCC2)CC1. The van der Waals surface area contributed by atoms with Crippen LogP contribution >= 0.6 is 0 Å². The highest BCUT2D eigenvalue weighted by Crippen LogP contribution is 2.25. The smallest absolute Gasteiger partial charge is 0.410 e. The minimum absolute atomic E-state index is 0.179. The molecule has 2 amide bonds. The molecule has 3 fully saturated rings. The minimum atomic E-state index is -0.448. The van der Waals surface area contributed by atoms with E-state index in [0.717, 1.165) is 78.0 Å². The van der Waals surface area contributed by atoms with E-state index in [1.54, 1.807) is 0 Å². The molecule has 3 aliphatic heterocycles. The Morgan fingerprint density at radius 3 is 2.10 bits per heavy atom. The quantitative estimate of drug-likeness (QED) is 0.678. The Balaban J connectivity index is 1.43. The van der Waals surface area contributed by atoms with Gasteiger partial charge in [0.25, 0.3) is 0 Å². The predicted molar refractivity (Wildman–Crippen MR) is 123 cm³/mol. The number of piperazine rings is 1. The lowest BCUT2D eigenvalue weighted by atomic mass is 9.90. The van der Waals surface area contributed by atoms with Gasteiger partial charge < -0.3 is 14.5 Å². The zero-order valence-corrected chi connectivity index (χ0v) is 20.3. The fraction of sp³-hybridized carbons (Fsp3) is 0.917. The number of hydrogen-bond donors (Lipinski definition) is 0. The second-order valence-corrected chi connectivity index (χ2v) is 10.7. The normalized spacial score (nSPS) is 25.7. The Morgan fingerprint density at radius 2 is 1.48 bits per heavy atom. The topological polar surface area (TPSA) is 56.3 Å². The fourth-order valence-corrected chi connectivity index (χ4v) is 5.13. The molecule has 0 aromatic carbocycles. The van der Waals surface area contributed by atoms with Gasteiger partial charge in [-0.3, -0.25) is 14.6 Å². The Labute approximate surface area is 189 Å². The van der Waals surface area contributed by atoms with Crippen LogP contribution < -0.4 is 0 Å². The van der Waals surface area contributed by atoms with Crippen molar-refractivity contribution >= 4 is 12.0 Å². The molecule has 0 aromatic rings. The molecular weight excluding hydrogens is 392 g/mol. The zero-order chi connectivity index (χ0) is 22.4. The first kappa shape index (κ1) is 24.3. The Bertz CT molecular complexity index is 590. The standard InChI is InChI=1S/C24H44N4O3/c1-20(21-10-9-13-28(18-21)23(30)31-24(2,3)4)26-16-14-25(15-17-26)19-22(29)27-11-7-5-6-8-12-27/h20-21H,5-19H2,1-4H3/t20-,21-/m0/s1. The molecule has 0 radical (unpaired) electrons. The van der Waals surface area contributed by atoms with E-state index in [9.17, 15) is 9.59 Å². The average molecular weight is 437 g/mol. The molecule has 3 saturated heterocycles. The molecule has 0 bridgehead atoms. The van der Waals surface area contributed by atoms with Crippen LogP contribution in [0.5, 0.6) is 0 Å². The maximum absolute atomic E-state index is 12.7. The molecule has 3 aliphatic rings. The summed E-state index contributed by atoms with van der Waals surface area (Å²) < 4.78 is 5.59. The second kappa shape index (κ2) is 11.0. The summed E-state index contributed by atoms with van der Waals surface area (Å²) in [5, 5.41) is 0. The van der Waals surface area contributed by atoms with E-state index >= 15 is 0 Å². The summed E-state index contributed by atoms with van der Waals surface area (Å²) in [6, 6.07) is 0.439. The number of ether oxygens (including phenoxy) is 1. The molecule has 0 N–H and O–H groups in total. The van der Waals surface area contributed by atoms with Gasteiger partial charge in [-0.1, -0.05) is 12.8 Å². The molecule has 0 saturated carbocycles. The minimum Gasteiger partial charge on any atom is -0.444 e. The van der Waals surface area contributed by atoms with Gasteiger partial charge in [-0.25, -0.2) is 4.79 Å². The highest BCUT2D eigenvalue weighted by Gasteiger charge is 2.33. The van der Waals surface area contributed by atoms with Crippen molar-refractivity contribution in [2.24, 2.45) is 5.92 Å². The lowest BCUT2D eigenvalue weighted by Crippen LogP contribution is -2.55. The summed E-state index contributed by atoms with van der Waals surface area (Å²) in [4.78, 5) is 34.1. The molecular formula is C24H44N4O3. The molecule has 7 heteroatoms. The summed E-state index contributed by atoms with van der Waals surface area (Å²) in [5.74, 6) is 0.787. The van der Waals surface area contributed by atoms with Crippen LogP contribution in [0.15, 0.2) is 0 Å². The summed E-state index contributed by atoms with van der Waals surface area (Å²) in [6.07, 6.45) is 6.84. The number of rotatable bonds is 4. The van der Waals surface area contributed by atoms with Crippen LogP contribution in [0.2, 0.25) is 0 Å². The van der Waals surface area contributed by atoms with Crippen LogP contribution in [0.1, 0.15) is 66.2 Å². The van der Waals surface area contributed by atoms with E-state index in [1.165, 1.54) is 12.8 Å². The molecule has 178 valence electrons. The summed E-state index contributed by atoms with van der Waals surface area (Å²) >= 11 is 0. The van der Waals surface area contributed by atoms with Gasteiger partial charge in [0, 0.05) is 58.4 Å². The third-order valence-corrected chi connectivity index (χ3v) is 7.09. The lowest BCUT2D eigenvalue weighted by molar-refractivity contribution is -0.132. The summed E-state index contributed by atoms with van der Waals surface area (Å²) in [5.41, 5.74) is -0.448. The van der Waals surface area contributed by atoms with E-state index in [2.05, 4.69) is 21.6 Å². The van der Waals surface area contributed by atoms with Crippen molar-refractivity contribution in [1.82, 2.24) is 19.6 Å². The summed E-state index contributed by atoms with van der Waals surface area (Å²) in [6.45, 7) is 16.0. The summed E-state index contributed by atoms with van der Waals surface area (Å²) in [7, 11) is 0. The Morgan fingerprint density at radius 1 is 0.871 bits per heavy atom. The molecule has 2 atom stereocenters. The molecule has 3 heterocycles. The molecule has 0 unspecified atom stereocenters. The van der Waals surface area contributed by atoms with Crippen molar-refractivity contribution in [3.8, 4) is 0 Å². The average Bonchev–Trinajstić information content (AvgIpc) is 3.02. The number of amides is 2. The molecule has 31 heavy (non-hydrogen) atoms. The van der Waals surface area contributed by atoms with Gasteiger partial charge in [-0.2, -0.15) is 0 Å². The van der Waals surface area contributed by atoms with Crippen LogP contribution in [-0.2, 0) is 9.53 Å². The van der Waals surface area contributed by atoms with Crippen molar-refractivity contribution in [2.75, 3.05) is 58.9 Å². The van der Waals surface area contributed by atoms with Crippen LogP contribution in [0.4, 0.5) is 4.79 Å². The van der Waals surface area contributed by atoms with Gasteiger partial charge in [0.15, 0.2) is 0 Å². The second-order valence-electron chi connectivity index (χ2n) is 10.7. The Kier molecular flexibility index (Phi) is 8.62. The number of likely N-dealkylation sites (tertiary alicyclic amines) is 2. The van der Waals surface area contributed by atoms with Gasteiger partial charge in [0.2, 0.25) is 5.91 Å². The zero-order valence-electron chi connectivity index (χ0n) is 20.3. The number of piperidine rings is 1. The van der Waals surface area contributed by atoms with E-state index in [4.69, 9.17) is 4.74 Å². The van der Waals surface area contributed by atoms with Crippen molar-refractivity contribution in [3.05, 3.63) is 0 Å². The number of nitrogens with zero attached hydrogens (tertiary/aromatic N) is 4. The largest absolute Gasteiger partial charge is 0.444 e. The van der Waals surface area contributed by atoms with Crippen molar-refractivity contribution in [2.45, 2.75) is 77.9 Å². The third kappa shape index (κ3) is 7.35. The molecule has 0 aromatic heterocycles. The van der Waals surface area contributed by atoms with E-state index in [-0.39, 0.29) is 6.09 Å². The monoisotopic (exact) mass is 436 g/mol. The van der Waals surface area contributed by atoms with Crippen LogP contribution in [-0.4, -0.2) is 102 Å². The van der Waals surface area contributed by atoms with Gasteiger partial charge in [0.1, 0.15) is 5.60 Å².